The van der Waals surface area contributed by atoms with Gasteiger partial charge in [0.2, 0.25) is 5.76 Å². The van der Waals surface area contributed by atoms with E-state index in [1.165, 1.54) is 0 Å². The Hall–Kier alpha value is -2.47. The average Bonchev–Trinajstić information content (AvgIpc) is 3.13. The van der Waals surface area contributed by atoms with Gasteiger partial charge in [0.1, 0.15) is 0 Å². The molecule has 0 bridgehead atoms. The Kier molecular flexibility index (Phi) is 5.28. The Morgan fingerprint density at radius 1 is 1.28 bits per heavy atom. The second-order valence-corrected chi connectivity index (χ2v) is 6.49. The molecule has 1 aromatic carbocycles. The van der Waals surface area contributed by atoms with Crippen molar-refractivity contribution in [1.82, 2.24) is 10.1 Å². The molecule has 0 radical (unpaired) electrons. The van der Waals surface area contributed by atoms with Crippen LogP contribution in [0.15, 0.2) is 40.9 Å². The minimum atomic E-state index is -0.304. The van der Waals surface area contributed by atoms with E-state index in [1.807, 2.05) is 32.0 Å². The number of benzene rings is 1. The first kappa shape index (κ1) is 17.4. The van der Waals surface area contributed by atoms with E-state index >= 15 is 0 Å². The van der Waals surface area contributed by atoms with E-state index in [2.05, 4.69) is 5.16 Å². The van der Waals surface area contributed by atoms with Gasteiger partial charge in [0.15, 0.2) is 5.78 Å². The second-order valence-electron chi connectivity index (χ2n) is 6.49. The Morgan fingerprint density at radius 3 is 2.72 bits per heavy atom. The summed E-state index contributed by atoms with van der Waals surface area (Å²) in [6.45, 7) is 5.20. The van der Waals surface area contributed by atoms with Crippen LogP contribution in [-0.2, 0) is 4.74 Å². The fourth-order valence-corrected chi connectivity index (χ4v) is 2.85. The van der Waals surface area contributed by atoms with Crippen LogP contribution >= 0.6 is 0 Å². The van der Waals surface area contributed by atoms with Crippen molar-refractivity contribution in [2.75, 3.05) is 19.8 Å². The van der Waals surface area contributed by atoms with Crippen molar-refractivity contribution >= 4 is 11.7 Å². The molecule has 0 spiro atoms. The third-order valence-corrected chi connectivity index (χ3v) is 4.34. The van der Waals surface area contributed by atoms with Gasteiger partial charge >= 0.3 is 0 Å². The van der Waals surface area contributed by atoms with E-state index in [4.69, 9.17) is 9.26 Å². The van der Waals surface area contributed by atoms with Gasteiger partial charge in [-0.2, -0.15) is 0 Å². The molecule has 0 aliphatic carbocycles. The van der Waals surface area contributed by atoms with Crippen LogP contribution in [0.3, 0.4) is 0 Å². The molecule has 6 nitrogen and oxygen atoms in total. The Balaban J connectivity index is 1.74. The number of aromatic nitrogens is 1. The highest BCUT2D eigenvalue weighted by atomic mass is 16.5. The summed E-state index contributed by atoms with van der Waals surface area (Å²) in [5.74, 6) is 0.149. The fraction of sp³-hybridized carbons (Fsp3) is 0.421. The summed E-state index contributed by atoms with van der Waals surface area (Å²) in [5.41, 5.74) is 1.38. The lowest BCUT2D eigenvalue weighted by Crippen LogP contribution is -2.49. The van der Waals surface area contributed by atoms with E-state index in [0.29, 0.717) is 25.3 Å². The highest BCUT2D eigenvalue weighted by Gasteiger charge is 2.32. The van der Waals surface area contributed by atoms with Crippen LogP contribution in [0.2, 0.25) is 0 Å². The van der Waals surface area contributed by atoms with Crippen molar-refractivity contribution in [3.8, 4) is 0 Å². The molecule has 0 saturated carbocycles. The maximum Gasteiger partial charge on any atom is 0.292 e. The number of carbonyl (C=O) groups is 2. The highest BCUT2D eigenvalue weighted by Crippen LogP contribution is 2.20. The molecule has 3 rings (SSSR count). The lowest BCUT2D eigenvalue weighted by Gasteiger charge is -2.34. The molecule has 1 aromatic heterocycles. The summed E-state index contributed by atoms with van der Waals surface area (Å²) in [6, 6.07) is 10.5. The predicted octanol–water partition coefficient (Wildman–Crippen LogP) is 2.91. The molecule has 1 fully saturated rings. The first-order valence-electron chi connectivity index (χ1n) is 8.50. The molecule has 1 atom stereocenters. The molecule has 132 valence electrons. The number of morpholine rings is 1. The lowest BCUT2D eigenvalue weighted by molar-refractivity contribution is -0.00468. The van der Waals surface area contributed by atoms with E-state index in [9.17, 15) is 9.59 Å². The van der Waals surface area contributed by atoms with Crippen molar-refractivity contribution in [3.05, 3.63) is 53.4 Å². The average molecular weight is 342 g/mol. The van der Waals surface area contributed by atoms with Crippen molar-refractivity contribution in [2.24, 2.45) is 0 Å². The summed E-state index contributed by atoms with van der Waals surface area (Å²) >= 11 is 0. The largest absolute Gasteiger partial charge is 0.377 e. The Morgan fingerprint density at radius 2 is 2.04 bits per heavy atom. The summed E-state index contributed by atoms with van der Waals surface area (Å²) in [6.07, 6.45) is 0.223. The van der Waals surface area contributed by atoms with E-state index in [0.717, 1.165) is 5.69 Å². The molecule has 25 heavy (non-hydrogen) atoms. The first-order chi connectivity index (χ1) is 12.1. The van der Waals surface area contributed by atoms with Crippen molar-refractivity contribution in [1.29, 1.82) is 0 Å². The zero-order valence-electron chi connectivity index (χ0n) is 14.5. The monoisotopic (exact) mass is 342 g/mol. The third-order valence-electron chi connectivity index (χ3n) is 4.34. The summed E-state index contributed by atoms with van der Waals surface area (Å²) < 4.78 is 10.7. The maximum atomic E-state index is 12.8. The van der Waals surface area contributed by atoms with Crippen molar-refractivity contribution < 1.29 is 18.8 Å². The fourth-order valence-electron chi connectivity index (χ4n) is 2.85. The van der Waals surface area contributed by atoms with Crippen LogP contribution in [0.4, 0.5) is 0 Å². The van der Waals surface area contributed by atoms with Gasteiger partial charge in [-0.15, -0.1) is 0 Å². The number of carbonyl (C=O) groups excluding carboxylic acids is 2. The molecule has 2 heterocycles. The summed E-state index contributed by atoms with van der Waals surface area (Å²) in [7, 11) is 0. The molecule has 0 N–H and O–H groups in total. The van der Waals surface area contributed by atoms with Gasteiger partial charge in [0.25, 0.3) is 5.91 Å². The molecule has 1 saturated heterocycles. The SMILES string of the molecule is CC(C)c1cc(C(=O)N2CCOC[C@@H]2CC(=O)c2ccccc2)on1. The number of ketones is 1. The van der Waals surface area contributed by atoms with Crippen LogP contribution in [0, 0.1) is 0 Å². The standard InChI is InChI=1S/C19H22N2O4/c1-13(2)16-11-18(25-20-16)19(23)21-8-9-24-12-15(21)10-17(22)14-6-4-3-5-7-14/h3-7,11,13,15H,8-10,12H2,1-2H3/t15-/m0/s1. The van der Waals surface area contributed by atoms with Crippen LogP contribution in [0.25, 0.3) is 0 Å². The maximum absolute atomic E-state index is 12.8. The number of Topliss-reactive ketones (excluding diaryl/α,β-unsaturated/α-hetero) is 1. The van der Waals surface area contributed by atoms with Gasteiger partial charge in [0.05, 0.1) is 24.9 Å². The van der Waals surface area contributed by atoms with E-state index in [1.54, 1.807) is 23.1 Å². The van der Waals surface area contributed by atoms with Crippen LogP contribution in [0.5, 0.6) is 0 Å². The highest BCUT2D eigenvalue weighted by molar-refractivity contribution is 5.97. The number of nitrogens with zero attached hydrogens (tertiary/aromatic N) is 2. The van der Waals surface area contributed by atoms with Gasteiger partial charge in [-0.25, -0.2) is 0 Å². The lowest BCUT2D eigenvalue weighted by atomic mass is 10.0. The molecule has 2 aromatic rings. The second kappa shape index (κ2) is 7.61. The van der Waals surface area contributed by atoms with Crippen molar-refractivity contribution in [2.45, 2.75) is 32.2 Å². The zero-order valence-corrected chi connectivity index (χ0v) is 14.5. The molecule has 1 amide bonds. The molecular formula is C19H22N2O4. The quantitative estimate of drug-likeness (QED) is 0.781. The van der Waals surface area contributed by atoms with Crippen LogP contribution in [-0.4, -0.2) is 47.5 Å². The summed E-state index contributed by atoms with van der Waals surface area (Å²) in [4.78, 5) is 26.9. The minimum Gasteiger partial charge on any atom is -0.377 e. The van der Waals surface area contributed by atoms with Crippen molar-refractivity contribution in [3.63, 3.8) is 0 Å². The topological polar surface area (TPSA) is 72.6 Å². The van der Waals surface area contributed by atoms with E-state index in [-0.39, 0.29) is 35.8 Å². The van der Waals surface area contributed by atoms with Gasteiger partial charge in [-0.3, -0.25) is 9.59 Å². The number of hydrogen-bond acceptors (Lipinski definition) is 5. The molecule has 1 aliphatic heterocycles. The van der Waals surface area contributed by atoms with Gasteiger partial charge < -0.3 is 14.2 Å². The summed E-state index contributed by atoms with van der Waals surface area (Å²) in [5, 5.41) is 3.94. The van der Waals surface area contributed by atoms with Gasteiger partial charge in [-0.1, -0.05) is 49.3 Å². The minimum absolute atomic E-state index is 0.00524. The van der Waals surface area contributed by atoms with Crippen LogP contribution < -0.4 is 0 Å². The predicted molar refractivity (Wildman–Crippen MR) is 91.6 cm³/mol. The molecule has 1 aliphatic rings. The first-order valence-corrected chi connectivity index (χ1v) is 8.50. The smallest absolute Gasteiger partial charge is 0.292 e. The zero-order chi connectivity index (χ0) is 17.8. The number of ether oxygens (including phenoxy) is 1. The molecule has 0 unspecified atom stereocenters. The Bertz CT molecular complexity index is 739. The number of hydrogen-bond donors (Lipinski definition) is 0. The van der Waals surface area contributed by atoms with E-state index < -0.39 is 0 Å². The normalized spacial score (nSPS) is 17.7. The van der Waals surface area contributed by atoms with Gasteiger partial charge in [0, 0.05) is 24.6 Å². The molecular weight excluding hydrogens is 320 g/mol. The number of rotatable bonds is 5. The number of amides is 1. The van der Waals surface area contributed by atoms with Crippen LogP contribution in [0.1, 0.15) is 52.8 Å². The van der Waals surface area contributed by atoms with Gasteiger partial charge in [-0.05, 0) is 5.92 Å². The third kappa shape index (κ3) is 3.96. The Labute approximate surface area is 146 Å². The molecule has 6 heteroatoms.